The van der Waals surface area contributed by atoms with Gasteiger partial charge in [-0.2, -0.15) is 4.31 Å². The van der Waals surface area contributed by atoms with Gasteiger partial charge >= 0.3 is 5.97 Å². The van der Waals surface area contributed by atoms with Crippen LogP contribution >= 0.6 is 0 Å². The monoisotopic (exact) mass is 750 g/mol. The van der Waals surface area contributed by atoms with E-state index in [1.165, 1.54) is 25.7 Å². The number of amides is 1. The first kappa shape index (κ1) is 38.9. The van der Waals surface area contributed by atoms with Crippen molar-refractivity contribution in [2.75, 3.05) is 46.2 Å². The van der Waals surface area contributed by atoms with E-state index in [1.807, 2.05) is 4.90 Å². The zero-order valence-electron chi connectivity index (χ0n) is 32.8. The van der Waals surface area contributed by atoms with Crippen LogP contribution in [-0.4, -0.2) is 110 Å². The van der Waals surface area contributed by atoms with Gasteiger partial charge in [-0.3, -0.25) is 9.59 Å². The van der Waals surface area contributed by atoms with E-state index >= 15 is 0 Å². The molecule has 0 aromatic carbocycles. The minimum Gasteiger partial charge on any atom is -0.480 e. The standard InChI is InChI=1S/C40H66N2O9S/c1-25(18-27(49-6)21-42(22-34(45)46)52(7,47)48)28-20-31(43)38(5)30-11-10-29-36(2,3)32(12-13-39(29)24-40(30,39)15-14-37(28,38)4)51-35-23-41(16-17-50-35)33(44)19-26-8-9-26/h25-32,35,43H,8-24H2,1-7H3,(H,45,46)/t25-,27?,28-,29+,30?,31+,32?,35?,37?,38-,39?,40?/m1/s1. The quantitative estimate of drug-likeness (QED) is 0.261. The normalized spacial score (nSPS) is 43.5. The lowest BCUT2D eigenvalue weighted by molar-refractivity contribution is -0.248. The first-order valence-corrected chi connectivity index (χ1v) is 22.1. The highest BCUT2D eigenvalue weighted by molar-refractivity contribution is 7.88. The highest BCUT2D eigenvalue weighted by Gasteiger charge is 2.83. The zero-order valence-corrected chi connectivity index (χ0v) is 33.6. The molecule has 296 valence electrons. The molecule has 12 heteroatoms. The van der Waals surface area contributed by atoms with E-state index in [2.05, 4.69) is 34.6 Å². The number of aliphatic hydroxyl groups excluding tert-OH is 1. The Labute approximate surface area is 311 Å². The van der Waals surface area contributed by atoms with Crippen molar-refractivity contribution < 1.29 is 42.4 Å². The van der Waals surface area contributed by atoms with E-state index in [0.29, 0.717) is 50.3 Å². The van der Waals surface area contributed by atoms with Gasteiger partial charge in [0.25, 0.3) is 0 Å². The smallest absolute Gasteiger partial charge is 0.318 e. The number of fused-ring (bicyclic) bond motifs is 2. The molecule has 0 bridgehead atoms. The summed E-state index contributed by atoms with van der Waals surface area (Å²) in [5, 5.41) is 21.5. The SMILES string of the molecule is COC(C[C@@H](C)[C@H]1C[C@H](O)[C@@]2(C)C3CC[C@H]4C(C)(C)C(OC5CN(C(=O)CC6CC6)CCO5)CCC45CC35CCC12C)CN(CC(=O)O)S(C)(=O)=O. The number of carbonyl (C=O) groups excluding carboxylic acids is 1. The van der Waals surface area contributed by atoms with Crippen molar-refractivity contribution in [1.82, 2.24) is 9.21 Å². The van der Waals surface area contributed by atoms with E-state index < -0.39 is 34.7 Å². The maximum Gasteiger partial charge on any atom is 0.318 e. The van der Waals surface area contributed by atoms with Gasteiger partial charge in [0.15, 0.2) is 6.29 Å². The fourth-order valence-corrected chi connectivity index (χ4v) is 14.6. The molecule has 7 rings (SSSR count). The minimum atomic E-state index is -3.72. The molecule has 1 heterocycles. The van der Waals surface area contributed by atoms with E-state index in [-0.39, 0.29) is 63.8 Å². The number of sulfonamides is 1. The second-order valence-corrected chi connectivity index (χ2v) is 21.5. The van der Waals surface area contributed by atoms with Crippen LogP contribution in [-0.2, 0) is 33.8 Å². The molecule has 6 aliphatic carbocycles. The molecule has 2 spiro atoms. The van der Waals surface area contributed by atoms with Crippen molar-refractivity contribution in [2.45, 2.75) is 136 Å². The van der Waals surface area contributed by atoms with Gasteiger partial charge in [0.2, 0.25) is 15.9 Å². The van der Waals surface area contributed by atoms with Gasteiger partial charge in [0.1, 0.15) is 6.54 Å². The summed E-state index contributed by atoms with van der Waals surface area (Å²) in [6.07, 6.45) is 12.1. The van der Waals surface area contributed by atoms with E-state index in [9.17, 15) is 28.2 Å². The second-order valence-electron chi connectivity index (χ2n) is 19.5. The largest absolute Gasteiger partial charge is 0.480 e. The van der Waals surface area contributed by atoms with Gasteiger partial charge in [-0.25, -0.2) is 8.42 Å². The lowest BCUT2D eigenvalue weighted by Crippen LogP contribution is -2.60. The van der Waals surface area contributed by atoms with E-state index in [4.69, 9.17) is 14.2 Å². The molecule has 2 N–H and O–H groups in total. The van der Waals surface area contributed by atoms with Crippen LogP contribution in [0.5, 0.6) is 0 Å². The number of morpholine rings is 1. The van der Waals surface area contributed by atoms with Crippen LogP contribution in [0.15, 0.2) is 0 Å². The van der Waals surface area contributed by atoms with Crippen LogP contribution in [0.2, 0.25) is 0 Å². The third-order valence-electron chi connectivity index (χ3n) is 16.9. The molecular formula is C40H66N2O9S. The number of rotatable bonds is 13. The molecule has 0 aromatic heterocycles. The Morgan fingerprint density at radius 2 is 1.71 bits per heavy atom. The number of hydrogen-bond donors (Lipinski definition) is 2. The fourth-order valence-electron chi connectivity index (χ4n) is 13.8. The predicted molar refractivity (Wildman–Crippen MR) is 195 cm³/mol. The van der Waals surface area contributed by atoms with Crippen LogP contribution < -0.4 is 0 Å². The van der Waals surface area contributed by atoms with Crippen LogP contribution in [0, 0.1) is 56.7 Å². The Hall–Kier alpha value is -1.31. The number of aliphatic hydroxyl groups is 1. The Morgan fingerprint density at radius 1 is 1.02 bits per heavy atom. The van der Waals surface area contributed by atoms with Gasteiger partial charge in [-0.15, -0.1) is 0 Å². The lowest BCUT2D eigenvalue weighted by atomic mass is 9.41. The van der Waals surface area contributed by atoms with Crippen LogP contribution in [0.25, 0.3) is 0 Å². The second kappa shape index (κ2) is 13.4. The topological polar surface area (TPSA) is 143 Å². The molecule has 12 atom stereocenters. The van der Waals surface area contributed by atoms with Crippen LogP contribution in [0.1, 0.15) is 112 Å². The number of aliphatic carboxylic acids is 1. The van der Waals surface area contributed by atoms with Crippen LogP contribution in [0.3, 0.4) is 0 Å². The molecule has 11 nitrogen and oxygen atoms in total. The minimum absolute atomic E-state index is 0.00492. The number of hydrogen-bond acceptors (Lipinski definition) is 8. The molecule has 7 unspecified atom stereocenters. The number of carboxylic acid groups (broad SMARTS) is 1. The zero-order chi connectivity index (χ0) is 37.6. The average Bonchev–Trinajstić information content (AvgIpc) is 3.99. The summed E-state index contributed by atoms with van der Waals surface area (Å²) in [6, 6.07) is 0. The Balaban J connectivity index is 1.04. The summed E-state index contributed by atoms with van der Waals surface area (Å²) in [5.74, 6) is 1.01. The summed E-state index contributed by atoms with van der Waals surface area (Å²) in [5.41, 5.74) is 0.172. The van der Waals surface area contributed by atoms with Crippen molar-refractivity contribution in [3.05, 3.63) is 0 Å². The third-order valence-corrected chi connectivity index (χ3v) is 18.1. The Bertz CT molecular complexity index is 1500. The van der Waals surface area contributed by atoms with Gasteiger partial charge in [0.05, 0.1) is 37.7 Å². The molecule has 0 radical (unpaired) electrons. The Morgan fingerprint density at radius 3 is 2.37 bits per heavy atom. The van der Waals surface area contributed by atoms with Gasteiger partial charge in [-0.05, 0) is 122 Å². The molecule has 7 aliphatic rings. The van der Waals surface area contributed by atoms with Gasteiger partial charge in [-0.1, -0.05) is 34.6 Å². The van der Waals surface area contributed by atoms with Crippen molar-refractivity contribution >= 4 is 21.9 Å². The third kappa shape index (κ3) is 6.20. The van der Waals surface area contributed by atoms with Crippen molar-refractivity contribution in [3.8, 4) is 0 Å². The maximum absolute atomic E-state index is 12.9. The predicted octanol–water partition coefficient (Wildman–Crippen LogP) is 5.15. The number of methoxy groups -OCH3 is 1. The molecule has 0 aromatic rings. The van der Waals surface area contributed by atoms with Gasteiger partial charge < -0.3 is 29.3 Å². The molecule has 52 heavy (non-hydrogen) atoms. The summed E-state index contributed by atoms with van der Waals surface area (Å²) in [7, 11) is -2.15. The molecule has 1 saturated heterocycles. The van der Waals surface area contributed by atoms with Crippen molar-refractivity contribution in [1.29, 1.82) is 0 Å². The molecule has 1 aliphatic heterocycles. The molecule has 1 amide bonds. The number of carbonyl (C=O) groups is 2. The molecule has 6 saturated carbocycles. The number of carboxylic acids is 1. The summed E-state index contributed by atoms with van der Waals surface area (Å²) < 4.78 is 44.6. The van der Waals surface area contributed by atoms with Crippen LogP contribution in [0.4, 0.5) is 0 Å². The highest BCUT2D eigenvalue weighted by Crippen LogP contribution is 2.89. The fraction of sp³-hybridized carbons (Fsp3) is 0.950. The summed E-state index contributed by atoms with van der Waals surface area (Å²) >= 11 is 0. The van der Waals surface area contributed by atoms with Gasteiger partial charge in [0, 0.05) is 32.0 Å². The maximum atomic E-state index is 12.9. The number of nitrogens with zero attached hydrogens (tertiary/aromatic N) is 2. The van der Waals surface area contributed by atoms with E-state index in [0.717, 1.165) is 49.1 Å². The Kier molecular flexibility index (Phi) is 10.1. The lowest BCUT2D eigenvalue weighted by Gasteiger charge is -2.64. The van der Waals surface area contributed by atoms with Crippen molar-refractivity contribution in [3.63, 3.8) is 0 Å². The number of ether oxygens (including phenoxy) is 3. The van der Waals surface area contributed by atoms with Crippen molar-refractivity contribution in [2.24, 2.45) is 56.7 Å². The summed E-state index contributed by atoms with van der Waals surface area (Å²) in [4.78, 5) is 26.3. The first-order valence-electron chi connectivity index (χ1n) is 20.2. The first-order chi connectivity index (χ1) is 24.3. The average molecular weight is 751 g/mol. The molecule has 7 fully saturated rings. The molecular weight excluding hydrogens is 685 g/mol. The highest BCUT2D eigenvalue weighted by atomic mass is 32.2. The van der Waals surface area contributed by atoms with E-state index in [1.54, 1.807) is 7.11 Å². The summed E-state index contributed by atoms with van der Waals surface area (Å²) in [6.45, 7) is 13.0.